The van der Waals surface area contributed by atoms with Crippen LogP contribution in [0, 0.1) is 5.92 Å². The Hall–Kier alpha value is -1.89. The molecule has 0 radical (unpaired) electrons. The number of aromatic nitrogens is 2. The Morgan fingerprint density at radius 3 is 2.67 bits per heavy atom. The molecule has 1 aromatic rings. The number of likely N-dealkylation sites (tertiary alicyclic amines) is 1. The van der Waals surface area contributed by atoms with Gasteiger partial charge in [-0.25, -0.2) is 0 Å². The molecule has 2 saturated heterocycles. The minimum atomic E-state index is -0.840. The van der Waals surface area contributed by atoms with Crippen molar-refractivity contribution < 1.29 is 19.4 Å². The van der Waals surface area contributed by atoms with E-state index in [9.17, 15) is 14.7 Å². The molecule has 0 aliphatic carbocycles. The van der Waals surface area contributed by atoms with Crippen LogP contribution in [0.25, 0.3) is 0 Å². The largest absolute Gasteiger partial charge is 0.481 e. The highest BCUT2D eigenvalue weighted by atomic mass is 16.5. The van der Waals surface area contributed by atoms with Crippen molar-refractivity contribution in [1.29, 1.82) is 0 Å². The average molecular weight is 335 g/mol. The topological polar surface area (TPSA) is 84.7 Å². The van der Waals surface area contributed by atoms with Gasteiger partial charge in [-0.05, 0) is 25.7 Å². The third-order valence-electron chi connectivity index (χ3n) is 4.88. The van der Waals surface area contributed by atoms with Gasteiger partial charge in [-0.1, -0.05) is 12.8 Å². The van der Waals surface area contributed by atoms with Gasteiger partial charge in [0.1, 0.15) is 6.54 Å². The van der Waals surface area contributed by atoms with Gasteiger partial charge in [-0.2, -0.15) is 5.10 Å². The molecule has 2 atom stereocenters. The van der Waals surface area contributed by atoms with Crippen LogP contribution in [0.5, 0.6) is 0 Å². The predicted molar refractivity (Wildman–Crippen MR) is 86.3 cm³/mol. The summed E-state index contributed by atoms with van der Waals surface area (Å²) in [6.07, 6.45) is 8.77. The quantitative estimate of drug-likeness (QED) is 0.907. The van der Waals surface area contributed by atoms with Crippen LogP contribution in [0.2, 0.25) is 0 Å². The number of ether oxygens (including phenoxy) is 1. The first-order valence-corrected chi connectivity index (χ1v) is 8.79. The third-order valence-corrected chi connectivity index (χ3v) is 4.88. The lowest BCUT2D eigenvalue weighted by Gasteiger charge is -2.28. The third kappa shape index (κ3) is 3.95. The number of carbonyl (C=O) groups is 2. The fourth-order valence-electron chi connectivity index (χ4n) is 3.53. The zero-order valence-corrected chi connectivity index (χ0v) is 13.9. The van der Waals surface area contributed by atoms with Gasteiger partial charge in [0.15, 0.2) is 0 Å². The molecule has 2 fully saturated rings. The van der Waals surface area contributed by atoms with Crippen LogP contribution in [0.4, 0.5) is 0 Å². The standard InChI is InChI=1S/C17H25N3O4/c21-15(19-7-3-1-2-4-8-19)12-20-11-13(10-18-20)16-14(17(22)23)6-5-9-24-16/h10-11,14,16H,1-9,12H2,(H,22,23)/t14-,16+/m1/s1. The van der Waals surface area contributed by atoms with Gasteiger partial charge in [-0.15, -0.1) is 0 Å². The average Bonchev–Trinajstić information content (AvgIpc) is 2.87. The summed E-state index contributed by atoms with van der Waals surface area (Å²) in [6.45, 7) is 2.40. The van der Waals surface area contributed by atoms with Crippen molar-refractivity contribution in [2.24, 2.45) is 5.92 Å². The predicted octanol–water partition coefficient (Wildman–Crippen LogP) is 1.84. The first-order chi connectivity index (χ1) is 11.6. The molecule has 2 aliphatic heterocycles. The van der Waals surface area contributed by atoms with E-state index in [1.807, 2.05) is 4.90 Å². The monoisotopic (exact) mass is 335 g/mol. The number of carboxylic acids is 1. The number of hydrogen-bond acceptors (Lipinski definition) is 4. The number of carboxylic acid groups (broad SMARTS) is 1. The van der Waals surface area contributed by atoms with E-state index in [2.05, 4.69) is 5.10 Å². The van der Waals surface area contributed by atoms with Gasteiger partial charge in [0, 0.05) is 31.5 Å². The van der Waals surface area contributed by atoms with Gasteiger partial charge in [0.25, 0.3) is 0 Å². The van der Waals surface area contributed by atoms with Crippen LogP contribution in [-0.2, 0) is 20.9 Å². The Balaban J connectivity index is 1.64. The van der Waals surface area contributed by atoms with Crippen LogP contribution in [0.3, 0.4) is 0 Å². The van der Waals surface area contributed by atoms with Gasteiger partial charge in [-0.3, -0.25) is 14.3 Å². The Morgan fingerprint density at radius 2 is 1.96 bits per heavy atom. The van der Waals surface area contributed by atoms with E-state index in [4.69, 9.17) is 4.74 Å². The second-order valence-electron chi connectivity index (χ2n) is 6.64. The van der Waals surface area contributed by atoms with E-state index < -0.39 is 18.0 Å². The zero-order valence-electron chi connectivity index (χ0n) is 13.9. The molecular formula is C17H25N3O4. The Labute approximate surface area is 141 Å². The number of aliphatic carboxylic acids is 1. The molecule has 3 heterocycles. The normalized spacial score (nSPS) is 25.2. The Kier molecular flexibility index (Phi) is 5.50. The van der Waals surface area contributed by atoms with Gasteiger partial charge < -0.3 is 14.7 Å². The van der Waals surface area contributed by atoms with Crippen molar-refractivity contribution >= 4 is 11.9 Å². The van der Waals surface area contributed by atoms with Crippen molar-refractivity contribution in [3.63, 3.8) is 0 Å². The van der Waals surface area contributed by atoms with E-state index in [0.717, 1.165) is 37.9 Å². The highest BCUT2D eigenvalue weighted by molar-refractivity contribution is 5.76. The number of carbonyl (C=O) groups excluding carboxylic acids is 1. The summed E-state index contributed by atoms with van der Waals surface area (Å²) in [5, 5.41) is 13.6. The molecule has 24 heavy (non-hydrogen) atoms. The lowest BCUT2D eigenvalue weighted by Crippen LogP contribution is -2.34. The van der Waals surface area contributed by atoms with Crippen molar-refractivity contribution in [3.05, 3.63) is 18.0 Å². The summed E-state index contributed by atoms with van der Waals surface area (Å²) < 4.78 is 7.26. The van der Waals surface area contributed by atoms with Crippen molar-refractivity contribution in [3.8, 4) is 0 Å². The smallest absolute Gasteiger partial charge is 0.309 e. The fraction of sp³-hybridized carbons (Fsp3) is 0.706. The Bertz CT molecular complexity index is 578. The van der Waals surface area contributed by atoms with Crippen molar-refractivity contribution in [2.45, 2.75) is 51.2 Å². The molecule has 7 nitrogen and oxygen atoms in total. The minimum Gasteiger partial charge on any atom is -0.481 e. The SMILES string of the molecule is O=C(O)[C@@H]1CCCO[C@H]1c1cnn(CC(=O)N2CCCCCC2)c1. The van der Waals surface area contributed by atoms with E-state index in [0.29, 0.717) is 13.0 Å². The van der Waals surface area contributed by atoms with E-state index in [1.54, 1.807) is 17.1 Å². The zero-order chi connectivity index (χ0) is 16.9. The summed E-state index contributed by atoms with van der Waals surface area (Å²) in [5.41, 5.74) is 0.741. The highest BCUT2D eigenvalue weighted by Crippen LogP contribution is 2.33. The first-order valence-electron chi connectivity index (χ1n) is 8.79. The van der Waals surface area contributed by atoms with Crippen LogP contribution < -0.4 is 0 Å². The van der Waals surface area contributed by atoms with Gasteiger partial charge >= 0.3 is 5.97 Å². The number of hydrogen-bond donors (Lipinski definition) is 1. The molecular weight excluding hydrogens is 310 g/mol. The number of amides is 1. The molecule has 7 heteroatoms. The summed E-state index contributed by atoms with van der Waals surface area (Å²) in [4.78, 5) is 25.7. The van der Waals surface area contributed by atoms with Crippen LogP contribution in [0.15, 0.2) is 12.4 Å². The molecule has 3 rings (SSSR count). The molecule has 132 valence electrons. The van der Waals surface area contributed by atoms with E-state index in [-0.39, 0.29) is 12.5 Å². The van der Waals surface area contributed by atoms with Crippen LogP contribution in [0.1, 0.15) is 50.2 Å². The maximum atomic E-state index is 12.4. The van der Waals surface area contributed by atoms with Crippen LogP contribution in [-0.4, -0.2) is 51.4 Å². The summed E-state index contributed by atoms with van der Waals surface area (Å²) in [6, 6.07) is 0. The highest BCUT2D eigenvalue weighted by Gasteiger charge is 2.33. The molecule has 0 aromatic carbocycles. The second kappa shape index (κ2) is 7.79. The van der Waals surface area contributed by atoms with Crippen molar-refractivity contribution in [1.82, 2.24) is 14.7 Å². The number of rotatable bonds is 4. The summed E-state index contributed by atoms with van der Waals surface area (Å²) >= 11 is 0. The number of nitrogens with zero attached hydrogens (tertiary/aromatic N) is 3. The van der Waals surface area contributed by atoms with Crippen LogP contribution >= 0.6 is 0 Å². The lowest BCUT2D eigenvalue weighted by atomic mass is 9.91. The summed E-state index contributed by atoms with van der Waals surface area (Å²) in [7, 11) is 0. The molecule has 0 unspecified atom stereocenters. The molecule has 2 aliphatic rings. The van der Waals surface area contributed by atoms with Gasteiger partial charge in [0.2, 0.25) is 5.91 Å². The molecule has 0 spiro atoms. The Morgan fingerprint density at radius 1 is 1.21 bits per heavy atom. The summed E-state index contributed by atoms with van der Waals surface area (Å²) in [5.74, 6) is -1.31. The van der Waals surface area contributed by atoms with E-state index >= 15 is 0 Å². The van der Waals surface area contributed by atoms with E-state index in [1.165, 1.54) is 12.8 Å². The molecule has 0 saturated carbocycles. The maximum Gasteiger partial charge on any atom is 0.309 e. The lowest BCUT2D eigenvalue weighted by molar-refractivity contribution is -0.152. The molecule has 1 aromatic heterocycles. The first kappa shape index (κ1) is 17.0. The fourth-order valence-corrected chi connectivity index (χ4v) is 3.53. The molecule has 1 N–H and O–H groups in total. The molecule has 0 bridgehead atoms. The minimum absolute atomic E-state index is 0.0749. The van der Waals surface area contributed by atoms with Crippen molar-refractivity contribution in [2.75, 3.05) is 19.7 Å². The molecule has 1 amide bonds. The second-order valence-corrected chi connectivity index (χ2v) is 6.64. The van der Waals surface area contributed by atoms with Gasteiger partial charge in [0.05, 0.1) is 18.2 Å². The maximum absolute atomic E-state index is 12.4.